The highest BCUT2D eigenvalue weighted by molar-refractivity contribution is 6.03. The maximum Gasteiger partial charge on any atom is 0.249 e. The maximum absolute atomic E-state index is 11.8. The van der Waals surface area contributed by atoms with Crippen molar-refractivity contribution in [2.75, 3.05) is 5.73 Å². The lowest BCUT2D eigenvalue weighted by molar-refractivity contribution is 0.100. The Kier molecular flexibility index (Phi) is 4.58. The molecule has 2 heterocycles. The number of hydrogen-bond donors (Lipinski definition) is 3. The second-order valence-corrected chi connectivity index (χ2v) is 7.99. The first-order valence-corrected chi connectivity index (χ1v) is 10.4. The third-order valence-corrected chi connectivity index (χ3v) is 6.15. The molecule has 5 rings (SSSR count). The number of nitrogens with zero attached hydrogens (tertiary/aromatic N) is 3. The van der Waals surface area contributed by atoms with Crippen LogP contribution < -0.4 is 11.5 Å². The summed E-state index contributed by atoms with van der Waals surface area (Å²) in [5, 5.41) is 11.6. The molecule has 1 aliphatic carbocycles. The number of nitrogen functional groups attached to an aromatic ring is 1. The predicted molar refractivity (Wildman–Crippen MR) is 121 cm³/mol. The number of anilines is 1. The van der Waals surface area contributed by atoms with Crippen molar-refractivity contribution >= 4 is 22.8 Å². The number of phenolic OH excluding ortho intramolecular Hbond substituents is 1. The first-order chi connectivity index (χ1) is 15.0. The molecule has 0 bridgehead atoms. The summed E-state index contributed by atoms with van der Waals surface area (Å²) in [6.45, 7) is 0. The third-order valence-electron chi connectivity index (χ3n) is 6.15. The van der Waals surface area contributed by atoms with Gasteiger partial charge in [0.1, 0.15) is 23.5 Å². The summed E-state index contributed by atoms with van der Waals surface area (Å²) in [5.74, 6) is -0.0635. The number of carbonyl (C=O) groups excluding carboxylic acids is 1. The van der Waals surface area contributed by atoms with Crippen LogP contribution in [0.3, 0.4) is 0 Å². The second kappa shape index (κ2) is 7.43. The Morgan fingerprint density at radius 3 is 2.55 bits per heavy atom. The maximum atomic E-state index is 11.8. The van der Waals surface area contributed by atoms with Crippen LogP contribution in [-0.2, 0) is 0 Å². The fraction of sp³-hybridized carbons (Fsp3) is 0.208. The standard InChI is InChI=1S/C24H23N5O2/c25-22-21-19(12-29(15-5-1-2-6-15)24(21)28-13-27-22)14-9-10-17(20(30)11-14)16-7-3-4-8-18(16)23(26)31/h3-4,7-13,15,30H,1-2,5-6H2,(H2,26,31)(H2,25,27,28). The zero-order valence-corrected chi connectivity index (χ0v) is 17.0. The van der Waals surface area contributed by atoms with Crippen molar-refractivity contribution in [3.63, 3.8) is 0 Å². The largest absolute Gasteiger partial charge is 0.507 e. The lowest BCUT2D eigenvalue weighted by atomic mass is 9.96. The summed E-state index contributed by atoms with van der Waals surface area (Å²) in [6.07, 6.45) is 8.19. The van der Waals surface area contributed by atoms with Crippen molar-refractivity contribution in [1.82, 2.24) is 14.5 Å². The fourth-order valence-electron chi connectivity index (χ4n) is 4.65. The van der Waals surface area contributed by atoms with Crippen molar-refractivity contribution in [3.8, 4) is 28.0 Å². The average molecular weight is 413 g/mol. The Hall–Kier alpha value is -3.87. The molecule has 0 spiro atoms. The molecular weight excluding hydrogens is 390 g/mol. The van der Waals surface area contributed by atoms with Crippen molar-refractivity contribution in [2.24, 2.45) is 5.73 Å². The number of hydrogen-bond acceptors (Lipinski definition) is 5. The Balaban J connectivity index is 1.65. The highest BCUT2D eigenvalue weighted by atomic mass is 16.3. The van der Waals surface area contributed by atoms with E-state index in [1.54, 1.807) is 30.3 Å². The van der Waals surface area contributed by atoms with E-state index in [1.165, 1.54) is 19.2 Å². The lowest BCUT2D eigenvalue weighted by Crippen LogP contribution is -2.12. The number of fused-ring (bicyclic) bond motifs is 1. The molecule has 156 valence electrons. The molecule has 2 aromatic carbocycles. The van der Waals surface area contributed by atoms with Gasteiger partial charge >= 0.3 is 0 Å². The minimum absolute atomic E-state index is 0.0587. The van der Waals surface area contributed by atoms with Crippen LogP contribution in [0.5, 0.6) is 5.75 Å². The van der Waals surface area contributed by atoms with Crippen molar-refractivity contribution in [1.29, 1.82) is 0 Å². The van der Waals surface area contributed by atoms with Crippen molar-refractivity contribution in [3.05, 3.63) is 60.6 Å². The van der Waals surface area contributed by atoms with E-state index in [-0.39, 0.29) is 5.75 Å². The van der Waals surface area contributed by atoms with Gasteiger partial charge in [-0.1, -0.05) is 43.2 Å². The zero-order chi connectivity index (χ0) is 21.5. The predicted octanol–water partition coefficient (Wildman–Crippen LogP) is 4.27. The number of amides is 1. The molecule has 1 amide bonds. The topological polar surface area (TPSA) is 120 Å². The average Bonchev–Trinajstić information content (AvgIpc) is 3.42. The molecule has 0 aliphatic heterocycles. The first-order valence-electron chi connectivity index (χ1n) is 10.4. The van der Waals surface area contributed by atoms with Crippen molar-refractivity contribution < 1.29 is 9.90 Å². The Morgan fingerprint density at radius 2 is 1.81 bits per heavy atom. The summed E-state index contributed by atoms with van der Waals surface area (Å²) < 4.78 is 2.20. The number of rotatable bonds is 4. The SMILES string of the molecule is NC(=O)c1ccccc1-c1ccc(-c2cn(C3CCCC3)c3ncnc(N)c23)cc1O. The minimum atomic E-state index is -0.538. The van der Waals surface area contributed by atoms with Crippen LogP contribution in [0, 0.1) is 0 Å². The molecule has 0 unspecified atom stereocenters. The molecule has 2 aromatic heterocycles. The quantitative estimate of drug-likeness (QED) is 0.461. The van der Waals surface area contributed by atoms with E-state index < -0.39 is 5.91 Å². The summed E-state index contributed by atoms with van der Waals surface area (Å²) in [7, 11) is 0. The highest BCUT2D eigenvalue weighted by Crippen LogP contribution is 2.41. The van der Waals surface area contributed by atoms with E-state index in [4.69, 9.17) is 11.5 Å². The number of carbonyl (C=O) groups is 1. The van der Waals surface area contributed by atoms with Crippen LogP contribution in [-0.4, -0.2) is 25.5 Å². The zero-order valence-electron chi connectivity index (χ0n) is 17.0. The van der Waals surface area contributed by atoms with Gasteiger partial charge in [0.25, 0.3) is 0 Å². The summed E-state index contributed by atoms with van der Waals surface area (Å²) in [6, 6.07) is 12.8. The number of nitrogens with two attached hydrogens (primary N) is 2. The number of phenols is 1. The van der Waals surface area contributed by atoms with Gasteiger partial charge < -0.3 is 21.1 Å². The van der Waals surface area contributed by atoms with Crippen molar-refractivity contribution in [2.45, 2.75) is 31.7 Å². The van der Waals surface area contributed by atoms with Gasteiger partial charge in [-0.2, -0.15) is 0 Å². The van der Waals surface area contributed by atoms with Gasteiger partial charge in [-0.25, -0.2) is 9.97 Å². The monoisotopic (exact) mass is 413 g/mol. The fourth-order valence-corrected chi connectivity index (χ4v) is 4.65. The molecule has 0 saturated heterocycles. The minimum Gasteiger partial charge on any atom is -0.507 e. The number of aromatic hydroxyl groups is 1. The summed E-state index contributed by atoms with van der Waals surface area (Å²) >= 11 is 0. The van der Waals surface area contributed by atoms with E-state index in [2.05, 4.69) is 20.7 Å². The van der Waals surface area contributed by atoms with Gasteiger partial charge in [-0.05, 0) is 36.1 Å². The van der Waals surface area contributed by atoms with Crippen LogP contribution in [0.2, 0.25) is 0 Å². The number of aromatic nitrogens is 3. The normalized spacial score (nSPS) is 14.3. The molecule has 1 fully saturated rings. The van der Waals surface area contributed by atoms with Crippen LogP contribution in [0.1, 0.15) is 42.1 Å². The van der Waals surface area contributed by atoms with Crippen LogP contribution >= 0.6 is 0 Å². The molecular formula is C24H23N5O2. The smallest absolute Gasteiger partial charge is 0.249 e. The molecule has 7 nitrogen and oxygen atoms in total. The second-order valence-electron chi connectivity index (χ2n) is 7.99. The first kappa shape index (κ1) is 19.1. The third kappa shape index (κ3) is 3.18. The van der Waals surface area contributed by atoms with E-state index in [0.717, 1.165) is 35.0 Å². The highest BCUT2D eigenvalue weighted by Gasteiger charge is 2.23. The van der Waals surface area contributed by atoms with Gasteiger partial charge in [-0.3, -0.25) is 4.79 Å². The number of benzene rings is 2. The van der Waals surface area contributed by atoms with E-state index in [1.807, 2.05) is 12.1 Å². The van der Waals surface area contributed by atoms with E-state index in [9.17, 15) is 9.90 Å². The molecule has 1 aliphatic rings. The van der Waals surface area contributed by atoms with Gasteiger partial charge in [0.15, 0.2) is 0 Å². The molecule has 1 saturated carbocycles. The molecule has 4 aromatic rings. The van der Waals surface area contributed by atoms with Gasteiger partial charge in [0.05, 0.1) is 5.39 Å². The summed E-state index contributed by atoms with van der Waals surface area (Å²) in [4.78, 5) is 20.5. The molecule has 0 atom stereocenters. The van der Waals surface area contributed by atoms with Crippen LogP contribution in [0.4, 0.5) is 5.82 Å². The van der Waals surface area contributed by atoms with E-state index >= 15 is 0 Å². The number of primary amides is 1. The molecule has 7 heteroatoms. The van der Waals surface area contributed by atoms with Gasteiger partial charge in [0, 0.05) is 28.9 Å². The molecule has 31 heavy (non-hydrogen) atoms. The molecule has 5 N–H and O–H groups in total. The van der Waals surface area contributed by atoms with Crippen LogP contribution in [0.15, 0.2) is 55.0 Å². The van der Waals surface area contributed by atoms with E-state index in [0.29, 0.717) is 28.6 Å². The lowest BCUT2D eigenvalue weighted by Gasteiger charge is -2.12. The Labute approximate surface area is 179 Å². The van der Waals surface area contributed by atoms with Gasteiger partial charge in [-0.15, -0.1) is 0 Å². The Morgan fingerprint density at radius 1 is 1.03 bits per heavy atom. The Bertz CT molecular complexity index is 1300. The van der Waals surface area contributed by atoms with Gasteiger partial charge in [0.2, 0.25) is 5.91 Å². The van der Waals surface area contributed by atoms with Crippen LogP contribution in [0.25, 0.3) is 33.3 Å². The summed E-state index contributed by atoms with van der Waals surface area (Å²) in [5.41, 5.74) is 15.8. The molecule has 0 radical (unpaired) electrons.